The number of hydrogen-bond acceptors (Lipinski definition) is 2. The van der Waals surface area contributed by atoms with Gasteiger partial charge in [-0.1, -0.05) is 35.3 Å². The fourth-order valence-corrected chi connectivity index (χ4v) is 3.37. The molecule has 2 aromatic rings. The standard InChI is InChI=1S/C19H17Cl2FN2O2/c20-14-3-6-16(17(21)12-14)19(26)24-9-7-23(8-10-24)18(25)11-13-1-4-15(22)5-2-13/h1-6,12H,7-11H2. The van der Waals surface area contributed by atoms with Crippen LogP contribution in [0.5, 0.6) is 0 Å². The van der Waals surface area contributed by atoms with E-state index in [1.54, 1.807) is 40.1 Å². The Morgan fingerprint density at radius 3 is 2.15 bits per heavy atom. The van der Waals surface area contributed by atoms with Gasteiger partial charge in [0, 0.05) is 31.2 Å². The van der Waals surface area contributed by atoms with Crippen molar-refractivity contribution in [1.82, 2.24) is 9.80 Å². The predicted molar refractivity (Wildman–Crippen MR) is 99.0 cm³/mol. The molecule has 0 saturated carbocycles. The Hall–Kier alpha value is -2.11. The lowest BCUT2D eigenvalue weighted by atomic mass is 10.1. The van der Waals surface area contributed by atoms with E-state index < -0.39 is 0 Å². The monoisotopic (exact) mass is 394 g/mol. The zero-order valence-corrected chi connectivity index (χ0v) is 15.4. The van der Waals surface area contributed by atoms with Crippen molar-refractivity contribution in [3.05, 3.63) is 69.5 Å². The second-order valence-electron chi connectivity index (χ2n) is 6.10. The molecule has 0 N–H and O–H groups in total. The highest BCUT2D eigenvalue weighted by Crippen LogP contribution is 2.23. The smallest absolute Gasteiger partial charge is 0.255 e. The van der Waals surface area contributed by atoms with E-state index in [1.807, 2.05) is 0 Å². The number of amides is 2. The van der Waals surface area contributed by atoms with Gasteiger partial charge in [0.05, 0.1) is 17.0 Å². The number of piperazine rings is 1. The summed E-state index contributed by atoms with van der Waals surface area (Å²) in [5, 5.41) is 0.792. The van der Waals surface area contributed by atoms with Crippen molar-refractivity contribution in [2.24, 2.45) is 0 Å². The summed E-state index contributed by atoms with van der Waals surface area (Å²) < 4.78 is 12.9. The maximum absolute atomic E-state index is 12.9. The van der Waals surface area contributed by atoms with E-state index in [0.717, 1.165) is 5.56 Å². The molecule has 2 amide bonds. The molecule has 0 unspecified atom stereocenters. The number of hydrogen-bond donors (Lipinski definition) is 0. The third kappa shape index (κ3) is 4.34. The molecule has 0 bridgehead atoms. The zero-order chi connectivity index (χ0) is 18.7. The molecule has 1 aliphatic heterocycles. The van der Waals surface area contributed by atoms with Crippen LogP contribution >= 0.6 is 23.2 Å². The first-order valence-electron chi connectivity index (χ1n) is 8.20. The van der Waals surface area contributed by atoms with Gasteiger partial charge in [-0.2, -0.15) is 0 Å². The van der Waals surface area contributed by atoms with E-state index >= 15 is 0 Å². The average Bonchev–Trinajstić information content (AvgIpc) is 2.63. The second kappa shape index (κ2) is 8.06. The molecule has 3 rings (SSSR count). The topological polar surface area (TPSA) is 40.6 Å². The number of carbonyl (C=O) groups is 2. The van der Waals surface area contributed by atoms with Crippen molar-refractivity contribution < 1.29 is 14.0 Å². The Balaban J connectivity index is 1.57. The number of halogens is 3. The average molecular weight is 395 g/mol. The molecular formula is C19H17Cl2FN2O2. The quantitative estimate of drug-likeness (QED) is 0.796. The minimum absolute atomic E-state index is 0.0340. The van der Waals surface area contributed by atoms with Gasteiger partial charge < -0.3 is 9.80 Å². The molecule has 7 heteroatoms. The van der Waals surface area contributed by atoms with E-state index in [4.69, 9.17) is 23.2 Å². The minimum atomic E-state index is -0.325. The Kier molecular flexibility index (Phi) is 5.79. The van der Waals surface area contributed by atoms with Crippen LogP contribution < -0.4 is 0 Å². The summed E-state index contributed by atoms with van der Waals surface area (Å²) in [7, 11) is 0. The zero-order valence-electron chi connectivity index (χ0n) is 13.9. The normalized spacial score (nSPS) is 14.4. The van der Waals surface area contributed by atoms with E-state index in [9.17, 15) is 14.0 Å². The Morgan fingerprint density at radius 2 is 1.54 bits per heavy atom. The molecule has 1 heterocycles. The van der Waals surface area contributed by atoms with Crippen molar-refractivity contribution in [1.29, 1.82) is 0 Å². The van der Waals surface area contributed by atoms with Crippen LogP contribution in [0.15, 0.2) is 42.5 Å². The van der Waals surface area contributed by atoms with Crippen LogP contribution in [-0.2, 0) is 11.2 Å². The van der Waals surface area contributed by atoms with Crippen LogP contribution in [0, 0.1) is 5.82 Å². The van der Waals surface area contributed by atoms with E-state index in [1.165, 1.54) is 12.1 Å². The molecule has 1 saturated heterocycles. The maximum atomic E-state index is 12.9. The summed E-state index contributed by atoms with van der Waals surface area (Å²) in [6.45, 7) is 1.79. The fourth-order valence-electron chi connectivity index (χ4n) is 2.88. The predicted octanol–water partition coefficient (Wildman–Crippen LogP) is 3.66. The van der Waals surface area contributed by atoms with Crippen LogP contribution in [-0.4, -0.2) is 47.8 Å². The molecule has 0 radical (unpaired) electrons. The lowest BCUT2D eigenvalue weighted by Crippen LogP contribution is -2.51. The summed E-state index contributed by atoms with van der Waals surface area (Å²) >= 11 is 12.0. The highest BCUT2D eigenvalue weighted by atomic mass is 35.5. The summed E-state index contributed by atoms with van der Waals surface area (Å²) in [4.78, 5) is 28.4. The molecule has 0 aliphatic carbocycles. The minimum Gasteiger partial charge on any atom is -0.339 e. The highest BCUT2D eigenvalue weighted by molar-refractivity contribution is 6.36. The van der Waals surface area contributed by atoms with Crippen molar-refractivity contribution >= 4 is 35.0 Å². The molecule has 136 valence electrons. The molecule has 1 aliphatic rings. The van der Waals surface area contributed by atoms with Gasteiger partial charge in [0.1, 0.15) is 5.82 Å². The lowest BCUT2D eigenvalue weighted by Gasteiger charge is -2.35. The van der Waals surface area contributed by atoms with Gasteiger partial charge in [-0.15, -0.1) is 0 Å². The Bertz CT molecular complexity index is 819. The van der Waals surface area contributed by atoms with Gasteiger partial charge in [-0.05, 0) is 35.9 Å². The molecule has 0 spiro atoms. The first kappa shape index (κ1) is 18.7. The number of rotatable bonds is 3. The largest absolute Gasteiger partial charge is 0.339 e. The second-order valence-corrected chi connectivity index (χ2v) is 6.94. The van der Waals surface area contributed by atoms with Crippen LogP contribution in [0.3, 0.4) is 0 Å². The van der Waals surface area contributed by atoms with Gasteiger partial charge >= 0.3 is 0 Å². The van der Waals surface area contributed by atoms with Crippen LogP contribution in [0.2, 0.25) is 10.0 Å². The number of benzene rings is 2. The Labute approximate surface area is 161 Å². The van der Waals surface area contributed by atoms with Crippen LogP contribution in [0.4, 0.5) is 4.39 Å². The SMILES string of the molecule is O=C(Cc1ccc(F)cc1)N1CCN(C(=O)c2ccc(Cl)cc2Cl)CC1. The third-order valence-corrected chi connectivity index (χ3v) is 4.90. The molecule has 26 heavy (non-hydrogen) atoms. The summed E-state index contributed by atoms with van der Waals surface area (Å²) in [5.41, 5.74) is 1.17. The summed E-state index contributed by atoms with van der Waals surface area (Å²) in [5.74, 6) is -0.528. The van der Waals surface area contributed by atoms with Gasteiger partial charge in [0.25, 0.3) is 5.91 Å². The molecule has 2 aromatic carbocycles. The van der Waals surface area contributed by atoms with Gasteiger partial charge in [-0.25, -0.2) is 4.39 Å². The first-order valence-corrected chi connectivity index (χ1v) is 8.96. The molecule has 1 fully saturated rings. The molecule has 0 aromatic heterocycles. The van der Waals surface area contributed by atoms with Crippen molar-refractivity contribution in [2.45, 2.75) is 6.42 Å². The van der Waals surface area contributed by atoms with Gasteiger partial charge in [0.15, 0.2) is 0 Å². The van der Waals surface area contributed by atoms with Crippen LogP contribution in [0.1, 0.15) is 15.9 Å². The van der Waals surface area contributed by atoms with Crippen molar-refractivity contribution in [3.8, 4) is 0 Å². The van der Waals surface area contributed by atoms with E-state index in [-0.39, 0.29) is 24.1 Å². The van der Waals surface area contributed by atoms with Crippen molar-refractivity contribution in [3.63, 3.8) is 0 Å². The molecular weight excluding hydrogens is 378 g/mol. The summed E-state index contributed by atoms with van der Waals surface area (Å²) in [6.07, 6.45) is 0.219. The number of nitrogens with zero attached hydrogens (tertiary/aromatic N) is 2. The molecule has 0 atom stereocenters. The van der Waals surface area contributed by atoms with Crippen molar-refractivity contribution in [2.75, 3.05) is 26.2 Å². The maximum Gasteiger partial charge on any atom is 0.255 e. The van der Waals surface area contributed by atoms with E-state index in [2.05, 4.69) is 0 Å². The molecule has 4 nitrogen and oxygen atoms in total. The lowest BCUT2D eigenvalue weighted by molar-refractivity contribution is -0.131. The van der Waals surface area contributed by atoms with E-state index in [0.29, 0.717) is 41.8 Å². The first-order chi connectivity index (χ1) is 12.4. The van der Waals surface area contributed by atoms with Gasteiger partial charge in [-0.3, -0.25) is 9.59 Å². The van der Waals surface area contributed by atoms with Gasteiger partial charge in [0.2, 0.25) is 5.91 Å². The summed E-state index contributed by atoms with van der Waals surface area (Å²) in [6, 6.07) is 10.7. The highest BCUT2D eigenvalue weighted by Gasteiger charge is 2.26. The fraction of sp³-hybridized carbons (Fsp3) is 0.263. The third-order valence-electron chi connectivity index (χ3n) is 4.35. The number of carbonyl (C=O) groups excluding carboxylic acids is 2. The van der Waals surface area contributed by atoms with Crippen LogP contribution in [0.25, 0.3) is 0 Å². The Morgan fingerprint density at radius 1 is 0.923 bits per heavy atom.